The van der Waals surface area contributed by atoms with E-state index in [1.165, 1.54) is 13.2 Å². The van der Waals surface area contributed by atoms with Crippen LogP contribution in [0.5, 0.6) is 0 Å². The van der Waals surface area contributed by atoms with Gasteiger partial charge in [-0.1, -0.05) is 15.9 Å². The van der Waals surface area contributed by atoms with Gasteiger partial charge in [-0.25, -0.2) is 14.2 Å². The van der Waals surface area contributed by atoms with Crippen molar-refractivity contribution in [3.05, 3.63) is 44.8 Å². The third-order valence-electron chi connectivity index (χ3n) is 2.95. The van der Waals surface area contributed by atoms with E-state index in [0.29, 0.717) is 15.3 Å². The molecule has 1 aromatic heterocycles. The fraction of sp³-hybridized carbons (Fsp3) is 0.312. The van der Waals surface area contributed by atoms with E-state index in [9.17, 15) is 14.4 Å². The molecule has 0 saturated carbocycles. The predicted octanol–water partition coefficient (Wildman–Crippen LogP) is 3.33. The Bertz CT molecular complexity index is 848. The van der Waals surface area contributed by atoms with Crippen LogP contribution in [-0.4, -0.2) is 29.3 Å². The maximum Gasteiger partial charge on any atom is 0.422 e. The van der Waals surface area contributed by atoms with Crippen LogP contribution in [0.3, 0.4) is 0 Å². The summed E-state index contributed by atoms with van der Waals surface area (Å²) in [5.41, 5.74) is -1.62. The Labute approximate surface area is 141 Å². The summed E-state index contributed by atoms with van der Waals surface area (Å²) in [7, 11) is 1.18. The van der Waals surface area contributed by atoms with Crippen molar-refractivity contribution in [2.45, 2.75) is 26.4 Å². The van der Waals surface area contributed by atoms with Gasteiger partial charge in [0.1, 0.15) is 11.3 Å². The van der Waals surface area contributed by atoms with Gasteiger partial charge in [-0.15, -0.1) is 0 Å². The summed E-state index contributed by atoms with van der Waals surface area (Å²) in [5, 5.41) is 0.816. The zero-order valence-electron chi connectivity index (χ0n) is 13.2. The molecule has 23 heavy (non-hydrogen) atoms. The van der Waals surface area contributed by atoms with E-state index >= 15 is 0 Å². The molecule has 0 atom stereocenters. The van der Waals surface area contributed by atoms with Crippen LogP contribution in [0.1, 0.15) is 31.3 Å². The molecular weight excluding hydrogens is 366 g/mol. The second-order valence-corrected chi connectivity index (χ2v) is 6.79. The van der Waals surface area contributed by atoms with Gasteiger partial charge in [0, 0.05) is 9.86 Å². The number of methoxy groups -OCH3 is 1. The van der Waals surface area contributed by atoms with Crippen molar-refractivity contribution in [1.82, 2.24) is 4.57 Å². The van der Waals surface area contributed by atoms with Crippen molar-refractivity contribution in [3.8, 4) is 0 Å². The van der Waals surface area contributed by atoms with E-state index < -0.39 is 23.2 Å². The molecule has 0 aliphatic heterocycles. The molecule has 0 fully saturated rings. The fourth-order valence-electron chi connectivity index (χ4n) is 2.03. The van der Waals surface area contributed by atoms with E-state index in [1.54, 1.807) is 39.0 Å². The largest absolute Gasteiger partial charge is 0.464 e. The van der Waals surface area contributed by atoms with Crippen molar-refractivity contribution in [2.24, 2.45) is 0 Å². The van der Waals surface area contributed by atoms with Crippen LogP contribution in [0.4, 0.5) is 4.79 Å². The maximum absolute atomic E-state index is 12.6. The van der Waals surface area contributed by atoms with E-state index in [0.717, 1.165) is 4.47 Å². The lowest BCUT2D eigenvalue weighted by molar-refractivity contribution is 0.0476. The number of aromatic nitrogens is 1. The molecule has 7 heteroatoms. The van der Waals surface area contributed by atoms with Crippen LogP contribution in [0.2, 0.25) is 0 Å². The van der Waals surface area contributed by atoms with E-state index in [-0.39, 0.29) is 5.69 Å². The molecule has 2 rings (SSSR count). The van der Waals surface area contributed by atoms with Gasteiger partial charge in [0.25, 0.3) is 5.56 Å². The summed E-state index contributed by atoms with van der Waals surface area (Å²) in [6, 6.07) is 6.37. The maximum atomic E-state index is 12.6. The van der Waals surface area contributed by atoms with Crippen LogP contribution in [0.15, 0.2) is 33.5 Å². The first-order valence-corrected chi connectivity index (χ1v) is 7.60. The number of benzene rings is 1. The van der Waals surface area contributed by atoms with Crippen LogP contribution in [0, 0.1) is 0 Å². The van der Waals surface area contributed by atoms with Crippen molar-refractivity contribution < 1.29 is 19.1 Å². The second kappa shape index (κ2) is 6.16. The smallest absolute Gasteiger partial charge is 0.422 e. The van der Waals surface area contributed by atoms with Crippen molar-refractivity contribution in [3.63, 3.8) is 0 Å². The van der Waals surface area contributed by atoms with E-state index in [2.05, 4.69) is 20.7 Å². The lowest BCUT2D eigenvalue weighted by Crippen LogP contribution is -2.36. The molecule has 0 bridgehead atoms. The molecule has 1 heterocycles. The second-order valence-electron chi connectivity index (χ2n) is 5.87. The quantitative estimate of drug-likeness (QED) is 0.708. The summed E-state index contributed by atoms with van der Waals surface area (Å²) in [6.45, 7) is 5.02. The van der Waals surface area contributed by atoms with Crippen molar-refractivity contribution >= 4 is 38.8 Å². The molecule has 6 nitrogen and oxygen atoms in total. The van der Waals surface area contributed by atoms with Crippen molar-refractivity contribution in [2.75, 3.05) is 7.11 Å². The highest BCUT2D eigenvalue weighted by molar-refractivity contribution is 9.10. The third-order valence-corrected chi connectivity index (χ3v) is 3.44. The Morgan fingerprint density at radius 3 is 2.39 bits per heavy atom. The van der Waals surface area contributed by atoms with E-state index in [1.807, 2.05) is 0 Å². The van der Waals surface area contributed by atoms with E-state index in [4.69, 9.17) is 4.74 Å². The Morgan fingerprint density at radius 1 is 1.17 bits per heavy atom. The number of carbonyl (C=O) groups is 2. The monoisotopic (exact) mass is 381 g/mol. The minimum Gasteiger partial charge on any atom is -0.464 e. The Kier molecular flexibility index (Phi) is 4.61. The fourth-order valence-corrected chi connectivity index (χ4v) is 2.41. The SMILES string of the molecule is COC(=O)c1cc2cc(Br)ccc2c(=O)n1C(=O)OC(C)(C)C. The summed E-state index contributed by atoms with van der Waals surface area (Å²) in [4.78, 5) is 37.0. The molecule has 0 N–H and O–H groups in total. The zero-order valence-corrected chi connectivity index (χ0v) is 14.8. The minimum atomic E-state index is -0.923. The molecule has 0 unspecified atom stereocenters. The van der Waals surface area contributed by atoms with Crippen molar-refractivity contribution in [1.29, 1.82) is 0 Å². The van der Waals surface area contributed by atoms with Crippen LogP contribution < -0.4 is 5.56 Å². The number of rotatable bonds is 1. The van der Waals surface area contributed by atoms with Gasteiger partial charge in [0.15, 0.2) is 0 Å². The number of esters is 1. The van der Waals surface area contributed by atoms with Crippen LogP contribution in [-0.2, 0) is 9.47 Å². The molecule has 122 valence electrons. The molecule has 0 aliphatic carbocycles. The highest BCUT2D eigenvalue weighted by Crippen LogP contribution is 2.20. The number of nitrogens with zero attached hydrogens (tertiary/aromatic N) is 1. The Hall–Kier alpha value is -2.15. The normalized spacial score (nSPS) is 11.3. The van der Waals surface area contributed by atoms with Gasteiger partial charge in [0.05, 0.1) is 7.11 Å². The summed E-state index contributed by atoms with van der Waals surface area (Å²) < 4.78 is 11.3. The molecule has 0 spiro atoms. The number of halogens is 1. The molecule has 1 aromatic carbocycles. The number of fused-ring (bicyclic) bond motifs is 1. The minimum absolute atomic E-state index is 0.183. The molecular formula is C16H16BrNO5. The summed E-state index contributed by atoms with van der Waals surface area (Å²) in [6.07, 6.45) is -0.923. The average Bonchev–Trinajstić information content (AvgIpc) is 2.43. The third kappa shape index (κ3) is 3.61. The number of hydrogen-bond acceptors (Lipinski definition) is 5. The molecule has 0 radical (unpaired) electrons. The standard InChI is InChI=1S/C16H16BrNO5/c1-16(2,3)23-15(21)18-12(14(20)22-4)8-9-7-10(17)5-6-11(9)13(18)19/h5-8H,1-4H3. The first kappa shape index (κ1) is 17.2. The number of ether oxygens (including phenoxy) is 2. The lowest BCUT2D eigenvalue weighted by Gasteiger charge is -2.21. The Morgan fingerprint density at radius 2 is 1.83 bits per heavy atom. The van der Waals surface area contributed by atoms with Gasteiger partial charge < -0.3 is 9.47 Å². The van der Waals surface area contributed by atoms with Gasteiger partial charge in [0.2, 0.25) is 0 Å². The first-order chi connectivity index (χ1) is 10.6. The number of hydrogen-bond donors (Lipinski definition) is 0. The topological polar surface area (TPSA) is 74.6 Å². The van der Waals surface area contributed by atoms with Crippen LogP contribution >= 0.6 is 15.9 Å². The summed E-state index contributed by atoms with van der Waals surface area (Å²) >= 11 is 3.31. The summed E-state index contributed by atoms with van der Waals surface area (Å²) in [5.74, 6) is -0.796. The molecule has 0 aliphatic rings. The number of pyridine rings is 1. The first-order valence-electron chi connectivity index (χ1n) is 6.81. The lowest BCUT2D eigenvalue weighted by atomic mass is 10.1. The van der Waals surface area contributed by atoms with Gasteiger partial charge >= 0.3 is 12.1 Å². The van der Waals surface area contributed by atoms with Gasteiger partial charge in [-0.2, -0.15) is 0 Å². The van der Waals surface area contributed by atoms with Gasteiger partial charge in [-0.05, 0) is 50.4 Å². The highest BCUT2D eigenvalue weighted by atomic mass is 79.9. The predicted molar refractivity (Wildman–Crippen MR) is 88.9 cm³/mol. The molecule has 0 amide bonds. The molecule has 0 saturated heterocycles. The average molecular weight is 382 g/mol. The zero-order chi connectivity index (χ0) is 17.4. The Balaban J connectivity index is 2.77. The van der Waals surface area contributed by atoms with Crippen LogP contribution in [0.25, 0.3) is 10.8 Å². The number of carbonyl (C=O) groups excluding carboxylic acids is 2. The van der Waals surface area contributed by atoms with Gasteiger partial charge in [-0.3, -0.25) is 4.79 Å². The molecule has 2 aromatic rings. The highest BCUT2D eigenvalue weighted by Gasteiger charge is 2.25.